The van der Waals surface area contributed by atoms with Crippen LogP contribution in [0, 0.1) is 0 Å². The first-order chi connectivity index (χ1) is 36.6. The number of fused-ring (bicyclic) bond motifs is 3. The van der Waals surface area contributed by atoms with Crippen LogP contribution in [0.15, 0.2) is 164 Å². The van der Waals surface area contributed by atoms with Crippen molar-refractivity contribution in [2.45, 2.75) is 188 Å². The van der Waals surface area contributed by atoms with E-state index in [0.29, 0.717) is 5.92 Å². The Morgan fingerprint density at radius 1 is 0.346 bits per heavy atom. The minimum absolute atomic E-state index is 0.00381. The summed E-state index contributed by atoms with van der Waals surface area (Å²) in [6, 6.07) is 64.7. The second-order valence-corrected chi connectivity index (χ2v) is 29.1. The van der Waals surface area contributed by atoms with Crippen molar-refractivity contribution in [1.29, 1.82) is 0 Å². The summed E-state index contributed by atoms with van der Waals surface area (Å²) in [7, 11) is 0. The zero-order chi connectivity index (χ0) is 55.9. The summed E-state index contributed by atoms with van der Waals surface area (Å²) >= 11 is 0. The van der Waals surface area contributed by atoms with Gasteiger partial charge in [0.15, 0.2) is 0 Å². The molecular weight excluding hydrogens is 939 g/mol. The van der Waals surface area contributed by atoms with Crippen LogP contribution in [0.5, 0.6) is 0 Å². The molecule has 0 spiro atoms. The van der Waals surface area contributed by atoms with Crippen molar-refractivity contribution in [2.24, 2.45) is 0 Å². The van der Waals surface area contributed by atoms with E-state index < -0.39 is 0 Å². The maximum absolute atomic E-state index is 2.69. The van der Waals surface area contributed by atoms with Crippen molar-refractivity contribution in [1.82, 2.24) is 0 Å². The third-order valence-electron chi connectivity index (χ3n) is 17.6. The van der Waals surface area contributed by atoms with Crippen LogP contribution in [0.4, 0.5) is 17.1 Å². The number of anilines is 3. The van der Waals surface area contributed by atoms with Crippen LogP contribution < -0.4 is 4.90 Å². The zero-order valence-electron chi connectivity index (χ0n) is 50.6. The Morgan fingerprint density at radius 3 is 1.36 bits per heavy atom. The van der Waals surface area contributed by atoms with Crippen LogP contribution in [0.2, 0.25) is 0 Å². The first-order valence-electron chi connectivity index (χ1n) is 29.4. The van der Waals surface area contributed by atoms with Gasteiger partial charge in [0.1, 0.15) is 0 Å². The SMILES string of the molecule is CC(C)(C)c1cc(-c2cc(-c3cc(C(C)(C)C)cc(N(c4ccc5c(c4)C(C)(C)c4ccccc4-5)c4ccccc4C4CCCCC4)c3-c3ccccc3)cc(C(C)(C)C)c2)cc(-c2cc(C(C)(C)C)cc(C(C)(C)C)c2)c1. The maximum atomic E-state index is 2.69. The zero-order valence-corrected chi connectivity index (χ0v) is 50.6. The predicted octanol–water partition coefficient (Wildman–Crippen LogP) is 22.7. The third kappa shape index (κ3) is 10.7. The summed E-state index contributed by atoms with van der Waals surface area (Å²) in [5.41, 5.74) is 26.8. The van der Waals surface area contributed by atoms with Crippen molar-refractivity contribution in [3.63, 3.8) is 0 Å². The van der Waals surface area contributed by atoms with E-state index in [-0.39, 0.29) is 32.5 Å². The highest BCUT2D eigenvalue weighted by Crippen LogP contribution is 2.55. The van der Waals surface area contributed by atoms with Gasteiger partial charge in [0, 0.05) is 22.4 Å². The van der Waals surface area contributed by atoms with E-state index in [1.807, 2.05) is 0 Å². The summed E-state index contributed by atoms with van der Waals surface area (Å²) in [6.07, 6.45) is 6.30. The van der Waals surface area contributed by atoms with Gasteiger partial charge in [-0.3, -0.25) is 0 Å². The predicted molar refractivity (Wildman–Crippen MR) is 340 cm³/mol. The molecule has 10 rings (SSSR count). The molecule has 0 N–H and O–H groups in total. The van der Waals surface area contributed by atoms with Gasteiger partial charge in [0.05, 0.1) is 5.69 Å². The summed E-state index contributed by atoms with van der Waals surface area (Å²) < 4.78 is 0. The molecular formula is C77H89N. The molecule has 0 heterocycles. The van der Waals surface area contributed by atoms with Crippen LogP contribution in [0.1, 0.15) is 200 Å². The molecule has 0 aliphatic heterocycles. The second kappa shape index (κ2) is 20.0. The molecule has 8 aromatic rings. The van der Waals surface area contributed by atoms with Crippen molar-refractivity contribution < 1.29 is 0 Å². The molecule has 1 nitrogen and oxygen atoms in total. The number of rotatable bonds is 8. The lowest BCUT2D eigenvalue weighted by Gasteiger charge is -2.35. The van der Waals surface area contributed by atoms with Gasteiger partial charge in [-0.15, -0.1) is 0 Å². The van der Waals surface area contributed by atoms with E-state index in [4.69, 9.17) is 0 Å². The molecule has 2 aliphatic carbocycles. The molecule has 2 aliphatic rings. The molecule has 0 amide bonds. The van der Waals surface area contributed by atoms with Crippen molar-refractivity contribution in [3.05, 3.63) is 208 Å². The fourth-order valence-corrected chi connectivity index (χ4v) is 12.5. The van der Waals surface area contributed by atoms with E-state index in [1.165, 1.54) is 149 Å². The van der Waals surface area contributed by atoms with E-state index in [9.17, 15) is 0 Å². The first kappa shape index (κ1) is 54.9. The van der Waals surface area contributed by atoms with Crippen LogP contribution in [-0.4, -0.2) is 0 Å². The van der Waals surface area contributed by atoms with Crippen LogP contribution in [0.3, 0.4) is 0 Å². The van der Waals surface area contributed by atoms with Crippen molar-refractivity contribution in [2.75, 3.05) is 4.90 Å². The van der Waals surface area contributed by atoms with Gasteiger partial charge in [-0.25, -0.2) is 0 Å². The average Bonchev–Trinajstić information content (AvgIpc) is 3.89. The molecule has 0 atom stereocenters. The number of hydrogen-bond donors (Lipinski definition) is 0. The van der Waals surface area contributed by atoms with E-state index in [1.54, 1.807) is 0 Å². The third-order valence-corrected chi connectivity index (χ3v) is 17.6. The Balaban J connectivity index is 1.29. The highest BCUT2D eigenvalue weighted by molar-refractivity contribution is 5.99. The molecule has 0 bridgehead atoms. The molecule has 1 fully saturated rings. The summed E-state index contributed by atoms with van der Waals surface area (Å²) in [6.45, 7) is 40.3. The Morgan fingerprint density at radius 2 is 0.795 bits per heavy atom. The molecule has 0 aromatic heterocycles. The smallest absolute Gasteiger partial charge is 0.0549 e. The lowest BCUT2D eigenvalue weighted by atomic mass is 9.77. The fraction of sp³-hybridized carbons (Fsp3) is 0.377. The van der Waals surface area contributed by atoms with Gasteiger partial charge in [0.2, 0.25) is 0 Å². The molecule has 8 aromatic carbocycles. The van der Waals surface area contributed by atoms with Crippen LogP contribution in [0.25, 0.3) is 55.6 Å². The topological polar surface area (TPSA) is 3.24 Å². The second-order valence-electron chi connectivity index (χ2n) is 29.1. The number of nitrogens with zero attached hydrogens (tertiary/aromatic N) is 1. The van der Waals surface area contributed by atoms with Crippen LogP contribution in [-0.2, 0) is 32.5 Å². The molecule has 1 heteroatoms. The first-order valence-corrected chi connectivity index (χ1v) is 29.4. The van der Waals surface area contributed by atoms with Gasteiger partial charge in [0.25, 0.3) is 0 Å². The summed E-state index contributed by atoms with van der Waals surface area (Å²) in [4.78, 5) is 2.69. The van der Waals surface area contributed by atoms with Gasteiger partial charge < -0.3 is 4.90 Å². The summed E-state index contributed by atoms with van der Waals surface area (Å²) in [5, 5.41) is 0. The van der Waals surface area contributed by atoms with Gasteiger partial charge in [-0.05, 0) is 183 Å². The maximum Gasteiger partial charge on any atom is 0.0549 e. The quantitative estimate of drug-likeness (QED) is 0.147. The highest BCUT2D eigenvalue weighted by Gasteiger charge is 2.37. The molecule has 0 unspecified atom stereocenters. The summed E-state index contributed by atoms with van der Waals surface area (Å²) in [5.74, 6) is 0.494. The largest absolute Gasteiger partial charge is 0.310 e. The van der Waals surface area contributed by atoms with Gasteiger partial charge in [-0.2, -0.15) is 0 Å². The number of benzene rings is 8. The Labute approximate surface area is 471 Å². The molecule has 78 heavy (non-hydrogen) atoms. The molecule has 1 saturated carbocycles. The van der Waals surface area contributed by atoms with E-state index in [2.05, 4.69) is 286 Å². The van der Waals surface area contributed by atoms with E-state index in [0.717, 1.165) is 0 Å². The minimum atomic E-state index is -0.164. The monoisotopic (exact) mass is 1030 g/mol. The average molecular weight is 1030 g/mol. The molecule has 402 valence electrons. The normalized spacial score (nSPS) is 15.0. The minimum Gasteiger partial charge on any atom is -0.310 e. The van der Waals surface area contributed by atoms with Gasteiger partial charge in [-0.1, -0.05) is 258 Å². The lowest BCUT2D eigenvalue weighted by molar-refractivity contribution is 0.444. The van der Waals surface area contributed by atoms with E-state index >= 15 is 0 Å². The van der Waals surface area contributed by atoms with Gasteiger partial charge >= 0.3 is 0 Å². The molecule has 0 saturated heterocycles. The fourth-order valence-electron chi connectivity index (χ4n) is 12.5. The van der Waals surface area contributed by atoms with Crippen molar-refractivity contribution >= 4 is 17.1 Å². The van der Waals surface area contributed by atoms with Crippen molar-refractivity contribution in [3.8, 4) is 55.6 Å². The Kier molecular flexibility index (Phi) is 14.1. The number of hydrogen-bond acceptors (Lipinski definition) is 1. The molecule has 0 radical (unpaired) electrons. The Hall–Kier alpha value is -6.44. The lowest BCUT2D eigenvalue weighted by Crippen LogP contribution is -2.20. The van der Waals surface area contributed by atoms with Crippen LogP contribution >= 0.6 is 0 Å². The standard InChI is InChI=1S/C77H89N/c1-72(2,3)57-40-52(38-53(41-57)55-43-59(74(7,8)9)46-60(44-55)75(10,11)12)54-39-56(45-58(42-54)73(4,5)6)66-47-61(76(13,14)15)48-70(71(66)51-30-22-19-23-31-51)78(69-35-27-25-32-63(69)50-28-20-18-21-29-50)62-36-37-65-64-33-24-26-34-67(64)77(16,17)68(65)49-62/h19,22-27,30-50H,18,20-21,28-29H2,1-17H3. The number of para-hydroxylation sites is 1. The Bertz CT molecular complexity index is 3490. The highest BCUT2D eigenvalue weighted by atomic mass is 15.1.